The highest BCUT2D eigenvalue weighted by Gasteiger charge is 2.19. The van der Waals surface area contributed by atoms with Gasteiger partial charge in [-0.1, -0.05) is 6.92 Å². The molecule has 0 radical (unpaired) electrons. The lowest BCUT2D eigenvalue weighted by Gasteiger charge is -2.23. The quantitative estimate of drug-likeness (QED) is 0.847. The number of nitrogens with zero attached hydrogens (tertiary/aromatic N) is 2. The molecule has 0 bridgehead atoms. The molecule has 0 spiro atoms. The van der Waals surface area contributed by atoms with Gasteiger partial charge in [0.25, 0.3) is 0 Å². The number of aromatic carboxylic acids is 1. The zero-order valence-corrected chi connectivity index (χ0v) is 9.94. The first-order chi connectivity index (χ1) is 7.35. The molecule has 0 saturated heterocycles. The third kappa shape index (κ3) is 2.92. The number of aromatic nitrogens is 2. The fourth-order valence-corrected chi connectivity index (χ4v) is 1.02. The van der Waals surface area contributed by atoms with Crippen molar-refractivity contribution in [2.45, 2.75) is 39.7 Å². The molecule has 1 N–H and O–H groups in total. The van der Waals surface area contributed by atoms with Crippen molar-refractivity contribution in [2.75, 3.05) is 0 Å². The van der Waals surface area contributed by atoms with Gasteiger partial charge in [0.15, 0.2) is 0 Å². The monoisotopic (exact) mass is 224 g/mol. The molecule has 1 aromatic rings. The van der Waals surface area contributed by atoms with Gasteiger partial charge in [-0.15, -0.1) is 0 Å². The first kappa shape index (κ1) is 12.4. The number of carboxylic acid groups (broad SMARTS) is 1. The van der Waals surface area contributed by atoms with Crippen molar-refractivity contribution < 1.29 is 14.6 Å². The molecule has 16 heavy (non-hydrogen) atoms. The van der Waals surface area contributed by atoms with Gasteiger partial charge in [-0.25, -0.2) is 9.78 Å². The number of rotatable bonds is 4. The van der Waals surface area contributed by atoms with Gasteiger partial charge in [0, 0.05) is 6.20 Å². The number of hydrogen-bond acceptors (Lipinski definition) is 4. The zero-order chi connectivity index (χ0) is 12.3. The lowest BCUT2D eigenvalue weighted by Crippen LogP contribution is -2.28. The molecule has 0 aromatic carbocycles. The summed E-state index contributed by atoms with van der Waals surface area (Å²) in [4.78, 5) is 18.6. The van der Waals surface area contributed by atoms with Crippen molar-refractivity contribution in [3.63, 3.8) is 0 Å². The minimum atomic E-state index is -1.03. The average Bonchev–Trinajstić information content (AvgIpc) is 2.16. The van der Waals surface area contributed by atoms with Crippen molar-refractivity contribution in [3.05, 3.63) is 17.5 Å². The van der Waals surface area contributed by atoms with E-state index < -0.39 is 5.97 Å². The summed E-state index contributed by atoms with van der Waals surface area (Å²) in [5.74, 6) is -1.03. The SMILES string of the molecule is CCC(C)(C)Oc1ncc(C(=O)O)c(C)n1. The summed E-state index contributed by atoms with van der Waals surface area (Å²) >= 11 is 0. The summed E-state index contributed by atoms with van der Waals surface area (Å²) in [7, 11) is 0. The summed E-state index contributed by atoms with van der Waals surface area (Å²) < 4.78 is 5.55. The molecule has 0 saturated carbocycles. The maximum absolute atomic E-state index is 10.8. The lowest BCUT2D eigenvalue weighted by molar-refractivity contribution is 0.0693. The van der Waals surface area contributed by atoms with Crippen molar-refractivity contribution in [2.24, 2.45) is 0 Å². The molecule has 0 amide bonds. The van der Waals surface area contributed by atoms with Crippen LogP contribution in [0.3, 0.4) is 0 Å². The van der Waals surface area contributed by atoms with Crippen LogP contribution in [0, 0.1) is 6.92 Å². The molecule has 5 heteroatoms. The second-order valence-corrected chi connectivity index (χ2v) is 4.17. The predicted molar refractivity (Wildman–Crippen MR) is 58.7 cm³/mol. The second kappa shape index (κ2) is 4.47. The normalized spacial score (nSPS) is 11.2. The van der Waals surface area contributed by atoms with Crippen molar-refractivity contribution in [3.8, 4) is 6.01 Å². The third-order valence-electron chi connectivity index (χ3n) is 2.41. The molecule has 1 rings (SSSR count). The van der Waals surface area contributed by atoms with Crippen LogP contribution in [0.15, 0.2) is 6.20 Å². The minimum Gasteiger partial charge on any atom is -0.478 e. The number of aryl methyl sites for hydroxylation is 1. The summed E-state index contributed by atoms with van der Waals surface area (Å²) in [5.41, 5.74) is 0.156. The second-order valence-electron chi connectivity index (χ2n) is 4.17. The first-order valence-electron chi connectivity index (χ1n) is 5.11. The van der Waals surface area contributed by atoms with Gasteiger partial charge in [-0.3, -0.25) is 0 Å². The molecule has 0 unspecified atom stereocenters. The van der Waals surface area contributed by atoms with E-state index in [-0.39, 0.29) is 17.2 Å². The maximum Gasteiger partial charge on any atom is 0.339 e. The van der Waals surface area contributed by atoms with Crippen LogP contribution in [0.4, 0.5) is 0 Å². The van der Waals surface area contributed by atoms with E-state index in [0.29, 0.717) is 5.69 Å². The summed E-state index contributed by atoms with van der Waals surface area (Å²) in [5, 5.41) is 8.81. The number of hydrogen-bond donors (Lipinski definition) is 1. The summed E-state index contributed by atoms with van der Waals surface area (Å²) in [6, 6.07) is 0.217. The van der Waals surface area contributed by atoms with E-state index in [4.69, 9.17) is 9.84 Å². The van der Waals surface area contributed by atoms with Gasteiger partial charge in [-0.2, -0.15) is 4.98 Å². The Hall–Kier alpha value is -1.65. The Kier molecular flexibility index (Phi) is 3.47. The molecule has 0 atom stereocenters. The van der Waals surface area contributed by atoms with Crippen LogP contribution in [0.2, 0.25) is 0 Å². The van der Waals surface area contributed by atoms with Crippen LogP contribution in [-0.2, 0) is 0 Å². The highest BCUT2D eigenvalue weighted by Crippen LogP contribution is 2.17. The third-order valence-corrected chi connectivity index (χ3v) is 2.41. The fraction of sp³-hybridized carbons (Fsp3) is 0.545. The summed E-state index contributed by atoms with van der Waals surface area (Å²) in [6.07, 6.45) is 2.09. The van der Waals surface area contributed by atoms with Gasteiger partial charge in [-0.05, 0) is 27.2 Å². The predicted octanol–water partition coefficient (Wildman–Crippen LogP) is 2.05. The van der Waals surface area contributed by atoms with Crippen LogP contribution < -0.4 is 4.74 Å². The summed E-state index contributed by atoms with van der Waals surface area (Å²) in [6.45, 7) is 7.48. The van der Waals surface area contributed by atoms with Crippen molar-refractivity contribution >= 4 is 5.97 Å². The van der Waals surface area contributed by atoms with Crippen molar-refractivity contribution in [1.29, 1.82) is 0 Å². The van der Waals surface area contributed by atoms with Gasteiger partial charge in [0.05, 0.1) is 11.3 Å². The molecule has 0 aliphatic carbocycles. The van der Waals surface area contributed by atoms with E-state index in [2.05, 4.69) is 9.97 Å². The molecule has 0 aliphatic heterocycles. The molecule has 0 fully saturated rings. The molecule has 88 valence electrons. The van der Waals surface area contributed by atoms with E-state index >= 15 is 0 Å². The highest BCUT2D eigenvalue weighted by molar-refractivity contribution is 5.88. The zero-order valence-electron chi connectivity index (χ0n) is 9.94. The Morgan fingerprint density at radius 3 is 2.62 bits per heavy atom. The Morgan fingerprint density at radius 2 is 2.19 bits per heavy atom. The minimum absolute atomic E-state index is 0.0988. The molecular formula is C11H16N2O3. The van der Waals surface area contributed by atoms with E-state index in [0.717, 1.165) is 6.42 Å². The lowest BCUT2D eigenvalue weighted by atomic mass is 10.1. The van der Waals surface area contributed by atoms with Crippen LogP contribution in [0.1, 0.15) is 43.2 Å². The average molecular weight is 224 g/mol. The molecule has 1 aromatic heterocycles. The van der Waals surface area contributed by atoms with Gasteiger partial charge in [0.1, 0.15) is 5.60 Å². The fourth-order valence-electron chi connectivity index (χ4n) is 1.02. The highest BCUT2D eigenvalue weighted by atomic mass is 16.5. The molecule has 5 nitrogen and oxygen atoms in total. The number of carboxylic acids is 1. The van der Waals surface area contributed by atoms with Gasteiger partial charge in [0.2, 0.25) is 0 Å². The standard InChI is InChI=1S/C11H16N2O3/c1-5-11(3,4)16-10-12-6-8(9(14)15)7(2)13-10/h6H,5H2,1-4H3,(H,14,15). The van der Waals surface area contributed by atoms with E-state index in [9.17, 15) is 4.79 Å². The first-order valence-corrected chi connectivity index (χ1v) is 5.11. The smallest absolute Gasteiger partial charge is 0.339 e. The van der Waals surface area contributed by atoms with Crippen LogP contribution >= 0.6 is 0 Å². The Morgan fingerprint density at radius 1 is 1.56 bits per heavy atom. The topological polar surface area (TPSA) is 72.3 Å². The molecular weight excluding hydrogens is 208 g/mol. The van der Waals surface area contributed by atoms with Crippen molar-refractivity contribution in [1.82, 2.24) is 9.97 Å². The number of carbonyl (C=O) groups is 1. The Labute approximate surface area is 94.5 Å². The van der Waals surface area contributed by atoms with Crippen LogP contribution in [0.25, 0.3) is 0 Å². The van der Waals surface area contributed by atoms with Gasteiger partial charge < -0.3 is 9.84 Å². The largest absolute Gasteiger partial charge is 0.478 e. The van der Waals surface area contributed by atoms with Crippen LogP contribution in [-0.4, -0.2) is 26.6 Å². The van der Waals surface area contributed by atoms with Crippen LogP contribution in [0.5, 0.6) is 6.01 Å². The number of ether oxygens (including phenoxy) is 1. The maximum atomic E-state index is 10.8. The van der Waals surface area contributed by atoms with E-state index in [1.165, 1.54) is 6.20 Å². The molecule has 1 heterocycles. The Balaban J connectivity index is 2.94. The van der Waals surface area contributed by atoms with Gasteiger partial charge >= 0.3 is 12.0 Å². The van der Waals surface area contributed by atoms with E-state index in [1.54, 1.807) is 6.92 Å². The Bertz CT molecular complexity index is 402. The van der Waals surface area contributed by atoms with E-state index in [1.807, 2.05) is 20.8 Å². The molecule has 0 aliphatic rings.